The molecule has 3 rings (SSSR count). The summed E-state index contributed by atoms with van der Waals surface area (Å²) in [5.74, 6) is -0.126. The lowest BCUT2D eigenvalue weighted by molar-refractivity contribution is -0.136. The van der Waals surface area contributed by atoms with Crippen molar-refractivity contribution in [2.75, 3.05) is 18.1 Å². The van der Waals surface area contributed by atoms with Gasteiger partial charge in [0.05, 0.1) is 26.6 Å². The molecule has 0 N–H and O–H groups in total. The minimum atomic E-state index is -3.15. The molecule has 150 valence electrons. The van der Waals surface area contributed by atoms with Gasteiger partial charge in [0, 0.05) is 31.0 Å². The molecule has 1 aromatic carbocycles. The van der Waals surface area contributed by atoms with E-state index in [0.717, 1.165) is 5.56 Å². The number of carbonyl (C=O) groups excluding carboxylic acids is 1. The highest BCUT2D eigenvalue weighted by Crippen LogP contribution is 2.34. The summed E-state index contributed by atoms with van der Waals surface area (Å²) in [5.41, 5.74) is 0.799. The molecule has 28 heavy (non-hydrogen) atoms. The number of nitrogens with zero attached hydrogens (tertiary/aromatic N) is 2. The van der Waals surface area contributed by atoms with Crippen molar-refractivity contribution in [1.29, 1.82) is 0 Å². The lowest BCUT2D eigenvalue weighted by atomic mass is 10.2. The molecule has 10 heteroatoms. The van der Waals surface area contributed by atoms with Gasteiger partial charge in [0.1, 0.15) is 5.75 Å². The average molecular weight is 464 g/mol. The van der Waals surface area contributed by atoms with Crippen LogP contribution in [0.2, 0.25) is 15.1 Å². The fourth-order valence-corrected chi connectivity index (χ4v) is 5.29. The number of hydrogen-bond donors (Lipinski definition) is 0. The lowest BCUT2D eigenvalue weighted by Crippen LogP contribution is -2.43. The molecular formula is C18H17Cl3N2O4S. The predicted molar refractivity (Wildman–Crippen MR) is 109 cm³/mol. The van der Waals surface area contributed by atoms with Gasteiger partial charge in [0.2, 0.25) is 0 Å². The van der Waals surface area contributed by atoms with E-state index >= 15 is 0 Å². The van der Waals surface area contributed by atoms with Crippen LogP contribution in [0.15, 0.2) is 36.7 Å². The van der Waals surface area contributed by atoms with E-state index < -0.39 is 15.9 Å². The fourth-order valence-electron chi connectivity index (χ4n) is 2.97. The van der Waals surface area contributed by atoms with E-state index in [2.05, 4.69) is 4.98 Å². The Labute approximate surface area is 178 Å². The number of carbonyl (C=O) groups is 1. The first-order valence-electron chi connectivity index (χ1n) is 8.41. The predicted octanol–water partition coefficient (Wildman–Crippen LogP) is 3.64. The molecule has 1 amide bonds. The van der Waals surface area contributed by atoms with E-state index in [4.69, 9.17) is 39.5 Å². The van der Waals surface area contributed by atoms with Crippen LogP contribution in [0.4, 0.5) is 0 Å². The second kappa shape index (κ2) is 8.86. The van der Waals surface area contributed by atoms with Crippen LogP contribution in [-0.4, -0.2) is 48.4 Å². The van der Waals surface area contributed by atoms with Gasteiger partial charge >= 0.3 is 0 Å². The van der Waals surface area contributed by atoms with Crippen LogP contribution in [0.1, 0.15) is 12.0 Å². The molecule has 6 nitrogen and oxygen atoms in total. The summed E-state index contributed by atoms with van der Waals surface area (Å²) in [6.07, 6.45) is 3.66. The largest absolute Gasteiger partial charge is 0.482 e. The Bertz CT molecular complexity index is 970. The summed E-state index contributed by atoms with van der Waals surface area (Å²) in [6.45, 7) is -0.0696. The van der Waals surface area contributed by atoms with Crippen LogP contribution in [0.25, 0.3) is 0 Å². The first-order chi connectivity index (χ1) is 13.2. The summed E-state index contributed by atoms with van der Waals surface area (Å²) >= 11 is 17.9. The molecular weight excluding hydrogens is 447 g/mol. The van der Waals surface area contributed by atoms with E-state index in [-0.39, 0.29) is 51.4 Å². The van der Waals surface area contributed by atoms with Crippen molar-refractivity contribution < 1.29 is 17.9 Å². The van der Waals surface area contributed by atoms with Gasteiger partial charge < -0.3 is 9.64 Å². The standard InChI is InChI=1S/C18H17Cl3N2O4S/c19-14-6-16(21)17(7-15(14)20)27-10-18(24)23(9-12-2-1-4-22-8-12)13-3-5-28(25,26)11-13/h1-2,4,6-8,13H,3,5,9-11H2/t13-/m0/s1. The van der Waals surface area contributed by atoms with Gasteiger partial charge in [-0.25, -0.2) is 8.42 Å². The van der Waals surface area contributed by atoms with Crippen molar-refractivity contribution >= 4 is 50.5 Å². The maximum Gasteiger partial charge on any atom is 0.261 e. The zero-order valence-corrected chi connectivity index (χ0v) is 17.7. The number of aromatic nitrogens is 1. The topological polar surface area (TPSA) is 76.6 Å². The number of ether oxygens (including phenoxy) is 1. The molecule has 1 aliphatic rings. The average Bonchev–Trinajstić information content (AvgIpc) is 3.01. The third-order valence-corrected chi connectivity index (χ3v) is 7.14. The molecule has 0 radical (unpaired) electrons. The highest BCUT2D eigenvalue weighted by atomic mass is 35.5. The molecule has 1 saturated heterocycles. The van der Waals surface area contributed by atoms with Gasteiger partial charge in [-0.15, -0.1) is 0 Å². The molecule has 0 unspecified atom stereocenters. The van der Waals surface area contributed by atoms with Gasteiger partial charge in [0.25, 0.3) is 5.91 Å². The Morgan fingerprint density at radius 3 is 2.61 bits per heavy atom. The minimum absolute atomic E-state index is 0.0630. The van der Waals surface area contributed by atoms with E-state index in [1.807, 2.05) is 6.07 Å². The van der Waals surface area contributed by atoms with Crippen molar-refractivity contribution in [2.45, 2.75) is 19.0 Å². The first kappa shape index (κ1) is 21.2. The summed E-state index contributed by atoms with van der Waals surface area (Å²) in [4.78, 5) is 18.4. The van der Waals surface area contributed by atoms with Crippen molar-refractivity contribution in [3.05, 3.63) is 57.3 Å². The molecule has 0 spiro atoms. The fraction of sp³-hybridized carbons (Fsp3) is 0.333. The summed E-state index contributed by atoms with van der Waals surface area (Å²) < 4.78 is 29.3. The van der Waals surface area contributed by atoms with Crippen LogP contribution in [0.3, 0.4) is 0 Å². The van der Waals surface area contributed by atoms with Gasteiger partial charge in [-0.2, -0.15) is 0 Å². The number of benzene rings is 1. The van der Waals surface area contributed by atoms with E-state index in [0.29, 0.717) is 6.42 Å². The second-order valence-corrected chi connectivity index (χ2v) is 9.88. The summed E-state index contributed by atoms with van der Waals surface area (Å²) in [7, 11) is -3.15. The van der Waals surface area contributed by atoms with E-state index in [9.17, 15) is 13.2 Å². The molecule has 1 aromatic heterocycles. The van der Waals surface area contributed by atoms with Crippen LogP contribution in [0.5, 0.6) is 5.75 Å². The van der Waals surface area contributed by atoms with Gasteiger partial charge in [0.15, 0.2) is 16.4 Å². The van der Waals surface area contributed by atoms with E-state index in [1.54, 1.807) is 18.5 Å². The van der Waals surface area contributed by atoms with Gasteiger partial charge in [-0.3, -0.25) is 9.78 Å². The minimum Gasteiger partial charge on any atom is -0.482 e. The Hall–Kier alpha value is -1.54. The second-order valence-electron chi connectivity index (χ2n) is 6.43. The van der Waals surface area contributed by atoms with Crippen molar-refractivity contribution in [2.24, 2.45) is 0 Å². The molecule has 2 heterocycles. The van der Waals surface area contributed by atoms with Crippen molar-refractivity contribution in [3.8, 4) is 5.75 Å². The van der Waals surface area contributed by atoms with Gasteiger partial charge in [-0.1, -0.05) is 40.9 Å². The maximum atomic E-state index is 12.9. The zero-order valence-electron chi connectivity index (χ0n) is 14.6. The molecule has 1 atom stereocenters. The molecule has 0 saturated carbocycles. The first-order valence-corrected chi connectivity index (χ1v) is 11.4. The smallest absolute Gasteiger partial charge is 0.261 e. The molecule has 1 fully saturated rings. The SMILES string of the molecule is O=C(COc1cc(Cl)c(Cl)cc1Cl)N(Cc1cccnc1)[C@H]1CCS(=O)(=O)C1. The Balaban J connectivity index is 1.75. The maximum absolute atomic E-state index is 12.9. The third kappa shape index (κ3) is 5.29. The number of rotatable bonds is 6. The highest BCUT2D eigenvalue weighted by Gasteiger charge is 2.35. The Morgan fingerprint density at radius 2 is 1.96 bits per heavy atom. The molecule has 2 aromatic rings. The van der Waals surface area contributed by atoms with Crippen LogP contribution < -0.4 is 4.74 Å². The molecule has 0 bridgehead atoms. The third-order valence-electron chi connectivity index (χ3n) is 4.37. The van der Waals surface area contributed by atoms with E-state index in [1.165, 1.54) is 17.0 Å². The lowest BCUT2D eigenvalue weighted by Gasteiger charge is -2.28. The van der Waals surface area contributed by atoms with Crippen molar-refractivity contribution in [3.63, 3.8) is 0 Å². The van der Waals surface area contributed by atoms with Crippen LogP contribution in [-0.2, 0) is 21.2 Å². The molecule has 0 aliphatic carbocycles. The number of halogens is 3. The van der Waals surface area contributed by atoms with Crippen LogP contribution in [0, 0.1) is 0 Å². The number of amides is 1. The Kier molecular flexibility index (Phi) is 6.70. The Morgan fingerprint density at radius 1 is 1.21 bits per heavy atom. The zero-order chi connectivity index (χ0) is 20.3. The monoisotopic (exact) mass is 462 g/mol. The number of pyridine rings is 1. The number of sulfone groups is 1. The van der Waals surface area contributed by atoms with Gasteiger partial charge in [-0.05, 0) is 24.1 Å². The summed E-state index contributed by atoms with van der Waals surface area (Å²) in [5, 5.41) is 0.756. The highest BCUT2D eigenvalue weighted by molar-refractivity contribution is 7.91. The quantitative estimate of drug-likeness (QED) is 0.611. The number of hydrogen-bond acceptors (Lipinski definition) is 5. The molecule has 1 aliphatic heterocycles. The van der Waals surface area contributed by atoms with Crippen LogP contribution >= 0.6 is 34.8 Å². The van der Waals surface area contributed by atoms with Crippen molar-refractivity contribution in [1.82, 2.24) is 9.88 Å². The summed E-state index contributed by atoms with van der Waals surface area (Å²) in [6, 6.07) is 6.04. The normalized spacial score (nSPS) is 18.0.